The van der Waals surface area contributed by atoms with Gasteiger partial charge >= 0.3 is 0 Å². The van der Waals surface area contributed by atoms with Crippen LogP contribution in [0.4, 0.5) is 8.78 Å². The van der Waals surface area contributed by atoms with E-state index in [0.717, 1.165) is 5.56 Å². The minimum atomic E-state index is -0.847. The second-order valence-corrected chi connectivity index (χ2v) is 6.51. The Bertz CT molecular complexity index is 711. The van der Waals surface area contributed by atoms with E-state index in [1.165, 1.54) is 24.3 Å². The summed E-state index contributed by atoms with van der Waals surface area (Å²) in [5.74, 6) is -0.644. The zero-order chi connectivity index (χ0) is 18.0. The zero-order valence-corrected chi connectivity index (χ0v) is 14.0. The van der Waals surface area contributed by atoms with Gasteiger partial charge in [0.2, 0.25) is 0 Å². The van der Waals surface area contributed by atoms with Crippen molar-refractivity contribution in [3.63, 3.8) is 0 Å². The summed E-state index contributed by atoms with van der Waals surface area (Å²) in [7, 11) is 1.85. The molecule has 1 aliphatic carbocycles. The molecule has 25 heavy (non-hydrogen) atoms. The van der Waals surface area contributed by atoms with Crippen molar-refractivity contribution in [1.29, 1.82) is 0 Å². The average molecular weight is 348 g/mol. The number of nitrogens with zero attached hydrogens (tertiary/aromatic N) is 1. The van der Waals surface area contributed by atoms with Crippen LogP contribution in [0.5, 0.6) is 5.75 Å². The van der Waals surface area contributed by atoms with Crippen LogP contribution in [-0.4, -0.2) is 41.3 Å². The molecule has 134 valence electrons. The fourth-order valence-corrected chi connectivity index (χ4v) is 3.41. The van der Waals surface area contributed by atoms with Crippen LogP contribution in [0.3, 0.4) is 0 Å². The van der Waals surface area contributed by atoms with Crippen molar-refractivity contribution in [2.75, 3.05) is 7.05 Å². The number of halogens is 2. The molecule has 0 saturated heterocycles. The largest absolute Gasteiger partial charge is 0.485 e. The number of nitrogens with two attached hydrogens (primary N) is 1. The van der Waals surface area contributed by atoms with Crippen molar-refractivity contribution in [1.82, 2.24) is 4.90 Å². The van der Waals surface area contributed by atoms with Crippen LogP contribution in [0.2, 0.25) is 0 Å². The Morgan fingerprint density at radius 3 is 2.52 bits per heavy atom. The van der Waals surface area contributed by atoms with E-state index in [1.54, 1.807) is 24.3 Å². The number of para-hydroxylation sites is 1. The summed E-state index contributed by atoms with van der Waals surface area (Å²) in [4.78, 5) is 1.92. The molecule has 4 atom stereocenters. The highest BCUT2D eigenvalue weighted by Crippen LogP contribution is 2.29. The SMILES string of the molecule is CN(Cc1ccc(F)cc1)[C@@H]1[C@@H](O)[C@H](Oc2ccccc2F)C[C@H]1N. The normalized spacial score (nSPS) is 26.2. The van der Waals surface area contributed by atoms with Crippen molar-refractivity contribution < 1.29 is 18.6 Å². The molecule has 0 aliphatic heterocycles. The fraction of sp³-hybridized carbons (Fsp3) is 0.368. The average Bonchev–Trinajstić information content (AvgIpc) is 2.86. The molecule has 3 N–H and O–H groups in total. The molecule has 2 aromatic carbocycles. The molecular formula is C19H22F2N2O2. The summed E-state index contributed by atoms with van der Waals surface area (Å²) >= 11 is 0. The molecule has 1 saturated carbocycles. The van der Waals surface area contributed by atoms with Crippen molar-refractivity contribution >= 4 is 0 Å². The van der Waals surface area contributed by atoms with Gasteiger partial charge in [0.05, 0.1) is 6.04 Å². The Balaban J connectivity index is 1.68. The van der Waals surface area contributed by atoms with Gasteiger partial charge in [-0.25, -0.2) is 8.78 Å². The first-order valence-electron chi connectivity index (χ1n) is 8.25. The van der Waals surface area contributed by atoms with E-state index >= 15 is 0 Å². The molecule has 3 rings (SSSR count). The van der Waals surface area contributed by atoms with Crippen LogP contribution in [0, 0.1) is 11.6 Å². The number of ether oxygens (including phenoxy) is 1. The number of hydrogen-bond acceptors (Lipinski definition) is 4. The van der Waals surface area contributed by atoms with E-state index in [-0.39, 0.29) is 23.7 Å². The summed E-state index contributed by atoms with van der Waals surface area (Å²) in [5.41, 5.74) is 7.11. The van der Waals surface area contributed by atoms with Gasteiger partial charge in [-0.2, -0.15) is 0 Å². The van der Waals surface area contributed by atoms with Gasteiger partial charge in [0.1, 0.15) is 18.0 Å². The quantitative estimate of drug-likeness (QED) is 0.871. The Hall–Kier alpha value is -2.02. The van der Waals surface area contributed by atoms with E-state index in [2.05, 4.69) is 0 Å². The van der Waals surface area contributed by atoms with Gasteiger partial charge in [0.25, 0.3) is 0 Å². The third-order valence-corrected chi connectivity index (χ3v) is 4.64. The first kappa shape index (κ1) is 17.8. The minimum absolute atomic E-state index is 0.112. The molecule has 0 bridgehead atoms. The van der Waals surface area contributed by atoms with Crippen LogP contribution in [0.15, 0.2) is 48.5 Å². The molecule has 0 aromatic heterocycles. The van der Waals surface area contributed by atoms with Crippen molar-refractivity contribution in [2.24, 2.45) is 5.73 Å². The first-order chi connectivity index (χ1) is 12.0. The monoisotopic (exact) mass is 348 g/mol. The Morgan fingerprint density at radius 2 is 1.84 bits per heavy atom. The second kappa shape index (κ2) is 7.47. The van der Waals surface area contributed by atoms with Crippen molar-refractivity contribution in [3.8, 4) is 5.75 Å². The maximum Gasteiger partial charge on any atom is 0.165 e. The highest BCUT2D eigenvalue weighted by molar-refractivity contribution is 5.24. The third-order valence-electron chi connectivity index (χ3n) is 4.64. The Labute approximate surface area is 145 Å². The maximum atomic E-state index is 13.8. The molecule has 0 heterocycles. The lowest BCUT2D eigenvalue weighted by Crippen LogP contribution is -2.48. The Morgan fingerprint density at radius 1 is 1.16 bits per heavy atom. The first-order valence-corrected chi connectivity index (χ1v) is 8.25. The summed E-state index contributed by atoms with van der Waals surface area (Å²) in [6.45, 7) is 0.516. The lowest BCUT2D eigenvalue weighted by atomic mass is 10.1. The number of aliphatic hydroxyl groups is 1. The summed E-state index contributed by atoms with van der Waals surface area (Å²) in [6.07, 6.45) is -0.999. The highest BCUT2D eigenvalue weighted by atomic mass is 19.1. The van der Waals surface area contributed by atoms with E-state index < -0.39 is 18.0 Å². The van der Waals surface area contributed by atoms with Crippen LogP contribution in [-0.2, 0) is 6.54 Å². The fourth-order valence-electron chi connectivity index (χ4n) is 3.41. The molecule has 0 unspecified atom stereocenters. The van der Waals surface area contributed by atoms with Gasteiger partial charge in [-0.15, -0.1) is 0 Å². The topological polar surface area (TPSA) is 58.7 Å². The molecule has 0 radical (unpaired) electrons. The molecule has 1 aliphatic rings. The molecule has 6 heteroatoms. The summed E-state index contributed by atoms with van der Waals surface area (Å²) in [6, 6.07) is 11.7. The predicted molar refractivity (Wildman–Crippen MR) is 91.1 cm³/mol. The van der Waals surface area contributed by atoms with Crippen molar-refractivity contribution in [3.05, 3.63) is 65.7 Å². The van der Waals surface area contributed by atoms with E-state index in [1.807, 2.05) is 11.9 Å². The highest BCUT2D eigenvalue weighted by Gasteiger charge is 2.44. The lowest BCUT2D eigenvalue weighted by molar-refractivity contribution is 0.0124. The summed E-state index contributed by atoms with van der Waals surface area (Å²) in [5, 5.41) is 10.6. The van der Waals surface area contributed by atoms with Gasteiger partial charge in [0, 0.05) is 19.0 Å². The van der Waals surface area contributed by atoms with Crippen LogP contribution in [0.25, 0.3) is 0 Å². The van der Waals surface area contributed by atoms with Gasteiger partial charge in [-0.3, -0.25) is 4.90 Å². The van der Waals surface area contributed by atoms with Crippen LogP contribution in [0.1, 0.15) is 12.0 Å². The van der Waals surface area contributed by atoms with E-state index in [9.17, 15) is 13.9 Å². The van der Waals surface area contributed by atoms with Gasteiger partial charge in [0.15, 0.2) is 11.6 Å². The van der Waals surface area contributed by atoms with Gasteiger partial charge < -0.3 is 15.6 Å². The number of benzene rings is 2. The van der Waals surface area contributed by atoms with E-state index in [4.69, 9.17) is 10.5 Å². The second-order valence-electron chi connectivity index (χ2n) is 6.51. The standard InChI is InChI=1S/C19H22F2N2O2/c1-23(11-12-6-8-13(20)9-7-12)18-15(22)10-17(19(18)24)25-16-5-3-2-4-14(16)21/h2-9,15,17-19,24H,10-11,22H2,1H3/t15-,17-,18+,19+/m1/s1. The van der Waals surface area contributed by atoms with E-state index in [0.29, 0.717) is 13.0 Å². The molecule has 4 nitrogen and oxygen atoms in total. The number of aliphatic hydroxyl groups excluding tert-OH is 1. The lowest BCUT2D eigenvalue weighted by Gasteiger charge is -2.30. The van der Waals surface area contributed by atoms with Gasteiger partial charge in [-0.1, -0.05) is 24.3 Å². The maximum absolute atomic E-state index is 13.8. The Kier molecular flexibility index (Phi) is 5.32. The molecule has 0 spiro atoms. The molecular weight excluding hydrogens is 326 g/mol. The zero-order valence-electron chi connectivity index (χ0n) is 14.0. The number of rotatable bonds is 5. The molecule has 0 amide bonds. The van der Waals surface area contributed by atoms with Gasteiger partial charge in [-0.05, 0) is 36.9 Å². The minimum Gasteiger partial charge on any atom is -0.485 e. The predicted octanol–water partition coefficient (Wildman–Crippen LogP) is 2.30. The summed E-state index contributed by atoms with van der Waals surface area (Å²) < 4.78 is 32.4. The van der Waals surface area contributed by atoms with Crippen molar-refractivity contribution in [2.45, 2.75) is 37.3 Å². The number of likely N-dealkylation sites (N-methyl/N-ethyl adjacent to an activating group) is 1. The van der Waals surface area contributed by atoms with Crippen LogP contribution < -0.4 is 10.5 Å². The molecule has 2 aromatic rings. The molecule has 1 fully saturated rings. The number of hydrogen-bond donors (Lipinski definition) is 2. The third kappa shape index (κ3) is 3.98. The van der Waals surface area contributed by atoms with Crippen LogP contribution >= 0.6 is 0 Å². The smallest absolute Gasteiger partial charge is 0.165 e.